The van der Waals surface area contributed by atoms with Crippen molar-refractivity contribution in [1.29, 1.82) is 0 Å². The van der Waals surface area contributed by atoms with Crippen molar-refractivity contribution in [2.45, 2.75) is 11.8 Å². The molecule has 0 aliphatic heterocycles. The summed E-state index contributed by atoms with van der Waals surface area (Å²) in [6.45, 7) is 0. The lowest BCUT2D eigenvalue weighted by Crippen LogP contribution is -2.06. The molecule has 0 bridgehead atoms. The first-order valence-electron chi connectivity index (χ1n) is 2.60. The number of allylic oxidation sites excluding steroid dienone is 1. The number of rotatable bonds is 3. The van der Waals surface area contributed by atoms with E-state index in [1.807, 2.05) is 0 Å². The Hall–Kier alpha value is -0.280. The molecule has 0 radical (unpaired) electrons. The van der Waals surface area contributed by atoms with E-state index in [0.29, 0.717) is 6.42 Å². The number of aliphatic hydroxyl groups is 3. The van der Waals surface area contributed by atoms with Gasteiger partial charge in [0.15, 0.2) is 5.76 Å². The first-order valence-corrected chi connectivity index (χ1v) is 3.57. The molecule has 0 rings (SSSR count). The Labute approximate surface area is 68.5 Å². The highest BCUT2D eigenvalue weighted by Crippen LogP contribution is 2.13. The predicted molar refractivity (Wildman–Crippen MR) is 39.9 cm³/mol. The summed E-state index contributed by atoms with van der Waals surface area (Å²) in [5.74, 6) is -1.53. The quantitative estimate of drug-likeness (QED) is 0.468. The maximum absolute atomic E-state index is 8.72. The van der Waals surface area contributed by atoms with Crippen molar-refractivity contribution in [2.24, 2.45) is 0 Å². The fraction of sp³-hybridized carbons (Fsp3) is 0.600. The number of alkyl halides is 2. The fourth-order valence-corrected chi connectivity index (χ4v) is 0.909. The first-order chi connectivity index (χ1) is 4.59. The maximum atomic E-state index is 8.72. The molecule has 60 valence electrons. The van der Waals surface area contributed by atoms with Gasteiger partial charge in [-0.25, -0.2) is 0 Å². The van der Waals surface area contributed by atoms with Crippen molar-refractivity contribution in [1.82, 2.24) is 0 Å². The van der Waals surface area contributed by atoms with Crippen molar-refractivity contribution in [2.75, 3.05) is 5.88 Å². The average molecular weight is 187 g/mol. The zero-order valence-corrected chi connectivity index (χ0v) is 6.60. The van der Waals surface area contributed by atoms with Crippen LogP contribution in [-0.2, 0) is 0 Å². The van der Waals surface area contributed by atoms with Crippen LogP contribution in [0.4, 0.5) is 0 Å². The van der Waals surface area contributed by atoms with Crippen LogP contribution in [0.25, 0.3) is 0 Å². The second-order valence-corrected chi connectivity index (χ2v) is 2.56. The van der Waals surface area contributed by atoms with Crippen LogP contribution in [0.15, 0.2) is 11.7 Å². The number of halogens is 2. The molecule has 0 aliphatic rings. The van der Waals surface area contributed by atoms with E-state index in [-0.39, 0.29) is 5.88 Å². The molecule has 5 heteroatoms. The first kappa shape index (κ1) is 9.72. The number of aliphatic hydroxyl groups excluding tert-OH is 2. The lowest BCUT2D eigenvalue weighted by molar-refractivity contribution is 0.154. The van der Waals surface area contributed by atoms with E-state index in [4.69, 9.17) is 38.5 Å². The molecule has 3 nitrogen and oxygen atoms in total. The standard InChI is InChI=1S/C5H8Cl2O3/c6-2-1-3(7)4(8)5(9)10/h3,8-10H,1-2H2. The Morgan fingerprint density at radius 2 is 1.80 bits per heavy atom. The monoisotopic (exact) mass is 186 g/mol. The van der Waals surface area contributed by atoms with Crippen molar-refractivity contribution in [3.05, 3.63) is 11.7 Å². The molecule has 0 saturated heterocycles. The SMILES string of the molecule is OC(O)=C(O)C(Cl)CCCl. The summed E-state index contributed by atoms with van der Waals surface area (Å²) < 4.78 is 0. The van der Waals surface area contributed by atoms with E-state index in [1.165, 1.54) is 0 Å². The largest absolute Gasteiger partial charge is 0.505 e. The van der Waals surface area contributed by atoms with Gasteiger partial charge in [0.25, 0.3) is 0 Å². The van der Waals surface area contributed by atoms with Crippen LogP contribution < -0.4 is 0 Å². The van der Waals surface area contributed by atoms with Crippen LogP contribution in [0.2, 0.25) is 0 Å². The van der Waals surface area contributed by atoms with Crippen molar-refractivity contribution in [3.63, 3.8) is 0 Å². The van der Waals surface area contributed by atoms with Gasteiger partial charge in [-0.15, -0.1) is 23.2 Å². The number of hydrogen-bond donors (Lipinski definition) is 3. The molecule has 3 N–H and O–H groups in total. The molecule has 0 aliphatic carbocycles. The van der Waals surface area contributed by atoms with Gasteiger partial charge in [0, 0.05) is 5.88 Å². The van der Waals surface area contributed by atoms with Gasteiger partial charge in [0.1, 0.15) is 0 Å². The van der Waals surface area contributed by atoms with E-state index in [1.54, 1.807) is 0 Å². The summed E-state index contributed by atoms with van der Waals surface area (Å²) in [6.07, 6.45) is 0.291. The van der Waals surface area contributed by atoms with Gasteiger partial charge >= 0.3 is 5.95 Å². The molecule has 0 fully saturated rings. The molecular weight excluding hydrogens is 179 g/mol. The Bertz CT molecular complexity index is 131. The van der Waals surface area contributed by atoms with Gasteiger partial charge in [-0.2, -0.15) is 0 Å². The molecule has 0 aromatic rings. The highest BCUT2D eigenvalue weighted by Gasteiger charge is 2.13. The predicted octanol–water partition coefficient (Wildman–Crippen LogP) is 2.07. The average Bonchev–Trinajstić information content (AvgIpc) is 1.87. The Kier molecular flexibility index (Phi) is 4.40. The highest BCUT2D eigenvalue weighted by atomic mass is 35.5. The van der Waals surface area contributed by atoms with Crippen LogP contribution in [-0.4, -0.2) is 26.6 Å². The van der Waals surface area contributed by atoms with Crippen LogP contribution in [0, 0.1) is 0 Å². The third kappa shape index (κ3) is 3.03. The minimum Gasteiger partial charge on any atom is -0.505 e. The zero-order valence-electron chi connectivity index (χ0n) is 5.09. The molecule has 10 heavy (non-hydrogen) atoms. The smallest absolute Gasteiger partial charge is 0.315 e. The van der Waals surface area contributed by atoms with Crippen molar-refractivity contribution >= 4 is 23.2 Å². The molecule has 0 heterocycles. The van der Waals surface area contributed by atoms with E-state index in [2.05, 4.69) is 0 Å². The van der Waals surface area contributed by atoms with Crippen LogP contribution in [0.5, 0.6) is 0 Å². The van der Waals surface area contributed by atoms with Crippen LogP contribution in [0.1, 0.15) is 6.42 Å². The van der Waals surface area contributed by atoms with Gasteiger partial charge in [0.05, 0.1) is 5.38 Å². The third-order valence-corrected chi connectivity index (χ3v) is 1.53. The van der Waals surface area contributed by atoms with E-state index < -0.39 is 17.1 Å². The summed E-state index contributed by atoms with van der Waals surface area (Å²) >= 11 is 10.7. The third-order valence-electron chi connectivity index (χ3n) is 0.888. The van der Waals surface area contributed by atoms with Crippen LogP contribution >= 0.6 is 23.2 Å². The molecule has 0 aromatic heterocycles. The fourth-order valence-electron chi connectivity index (χ4n) is 0.373. The molecular formula is C5H8Cl2O3. The lowest BCUT2D eigenvalue weighted by atomic mass is 10.3. The molecule has 1 atom stereocenters. The molecule has 0 amide bonds. The highest BCUT2D eigenvalue weighted by molar-refractivity contribution is 6.23. The molecule has 0 aromatic carbocycles. The van der Waals surface area contributed by atoms with Crippen LogP contribution in [0.3, 0.4) is 0 Å². The second-order valence-electron chi connectivity index (χ2n) is 1.65. The van der Waals surface area contributed by atoms with Gasteiger partial charge in [-0.05, 0) is 6.42 Å². The molecule has 1 unspecified atom stereocenters. The Balaban J connectivity index is 3.94. The maximum Gasteiger partial charge on any atom is 0.315 e. The van der Waals surface area contributed by atoms with E-state index >= 15 is 0 Å². The lowest BCUT2D eigenvalue weighted by Gasteiger charge is -2.04. The Morgan fingerprint density at radius 3 is 2.10 bits per heavy atom. The minimum absolute atomic E-state index is 0.255. The normalized spacial score (nSPS) is 12.6. The summed E-state index contributed by atoms with van der Waals surface area (Å²) in [4.78, 5) is 0. The van der Waals surface area contributed by atoms with Gasteiger partial charge in [0.2, 0.25) is 0 Å². The minimum atomic E-state index is -1.15. The molecule has 0 spiro atoms. The van der Waals surface area contributed by atoms with E-state index in [9.17, 15) is 0 Å². The van der Waals surface area contributed by atoms with Crippen molar-refractivity contribution < 1.29 is 15.3 Å². The van der Waals surface area contributed by atoms with E-state index in [0.717, 1.165) is 0 Å². The topological polar surface area (TPSA) is 60.7 Å². The molecule has 0 saturated carbocycles. The number of hydrogen-bond acceptors (Lipinski definition) is 3. The summed E-state index contributed by atoms with van der Waals surface area (Å²) in [7, 11) is 0. The van der Waals surface area contributed by atoms with Crippen molar-refractivity contribution in [3.8, 4) is 0 Å². The summed E-state index contributed by atoms with van der Waals surface area (Å²) in [5, 5.41) is 24.4. The summed E-state index contributed by atoms with van der Waals surface area (Å²) in [6, 6.07) is 0. The second kappa shape index (κ2) is 4.52. The van der Waals surface area contributed by atoms with Gasteiger partial charge < -0.3 is 15.3 Å². The summed E-state index contributed by atoms with van der Waals surface area (Å²) in [5.41, 5.74) is 0. The zero-order chi connectivity index (χ0) is 8.15. The van der Waals surface area contributed by atoms with Gasteiger partial charge in [-0.3, -0.25) is 0 Å². The Morgan fingerprint density at radius 1 is 1.30 bits per heavy atom. The van der Waals surface area contributed by atoms with Gasteiger partial charge in [-0.1, -0.05) is 0 Å².